The summed E-state index contributed by atoms with van der Waals surface area (Å²) >= 11 is 0. The predicted octanol–water partition coefficient (Wildman–Crippen LogP) is 1.67. The molecule has 0 aromatic rings. The van der Waals surface area contributed by atoms with Crippen molar-refractivity contribution in [3.8, 4) is 0 Å². The standard InChI is InChI=1S/C7H12O2/c1-7(2,3)6(9)4-5-8/h4-5,9H,1-3H3/b6-4-. The molecule has 0 aromatic carbocycles. The molecule has 0 aliphatic rings. The van der Waals surface area contributed by atoms with Gasteiger partial charge in [0.05, 0.1) is 0 Å². The molecule has 0 aliphatic carbocycles. The highest BCUT2D eigenvalue weighted by molar-refractivity contribution is 5.65. The highest BCUT2D eigenvalue weighted by Crippen LogP contribution is 2.21. The van der Waals surface area contributed by atoms with Crippen LogP contribution in [-0.4, -0.2) is 11.4 Å². The van der Waals surface area contributed by atoms with Crippen LogP contribution in [0.5, 0.6) is 0 Å². The minimum Gasteiger partial charge on any atom is -0.512 e. The van der Waals surface area contributed by atoms with Gasteiger partial charge in [-0.25, -0.2) is 0 Å². The molecule has 0 amide bonds. The second kappa shape index (κ2) is 2.67. The highest BCUT2D eigenvalue weighted by atomic mass is 16.3. The molecule has 0 unspecified atom stereocenters. The summed E-state index contributed by atoms with van der Waals surface area (Å²) in [4.78, 5) is 9.83. The van der Waals surface area contributed by atoms with Gasteiger partial charge in [-0.15, -0.1) is 0 Å². The first-order chi connectivity index (χ1) is 3.98. The van der Waals surface area contributed by atoms with Gasteiger partial charge in [0, 0.05) is 11.5 Å². The Hall–Kier alpha value is -0.790. The summed E-state index contributed by atoms with van der Waals surface area (Å²) in [5.41, 5.74) is -0.305. The van der Waals surface area contributed by atoms with Crippen LogP contribution >= 0.6 is 0 Å². The number of carbonyl (C=O) groups excluding carboxylic acids is 1. The molecule has 0 saturated carbocycles. The normalized spacial score (nSPS) is 13.4. The van der Waals surface area contributed by atoms with Gasteiger partial charge in [-0.1, -0.05) is 20.8 Å². The van der Waals surface area contributed by atoms with Crippen molar-refractivity contribution in [2.24, 2.45) is 5.41 Å². The maximum absolute atomic E-state index is 9.83. The summed E-state index contributed by atoms with van der Waals surface area (Å²) in [6.07, 6.45) is 1.75. The minimum absolute atomic E-state index is 0.123. The molecule has 9 heavy (non-hydrogen) atoms. The van der Waals surface area contributed by atoms with E-state index in [1.807, 2.05) is 20.8 Å². The third-order valence-corrected chi connectivity index (χ3v) is 0.994. The SMILES string of the molecule is CC(C)(C)/C(O)=C/C=O. The molecule has 0 aliphatic heterocycles. The smallest absolute Gasteiger partial charge is 0.146 e. The Labute approximate surface area is 55.2 Å². The van der Waals surface area contributed by atoms with Crippen LogP contribution in [0.4, 0.5) is 0 Å². The summed E-state index contributed by atoms with van der Waals surface area (Å²) < 4.78 is 0. The van der Waals surface area contributed by atoms with Crippen molar-refractivity contribution in [3.63, 3.8) is 0 Å². The van der Waals surface area contributed by atoms with Gasteiger partial charge in [0.15, 0.2) is 0 Å². The summed E-state index contributed by atoms with van der Waals surface area (Å²) in [5, 5.41) is 9.02. The fraction of sp³-hybridized carbons (Fsp3) is 0.571. The molecule has 2 nitrogen and oxygen atoms in total. The molecule has 0 atom stereocenters. The van der Waals surface area contributed by atoms with Crippen molar-refractivity contribution in [2.75, 3.05) is 0 Å². The Morgan fingerprint density at radius 2 is 1.89 bits per heavy atom. The predicted molar refractivity (Wildman–Crippen MR) is 36.2 cm³/mol. The van der Waals surface area contributed by atoms with Crippen LogP contribution < -0.4 is 0 Å². The molecular formula is C7H12O2. The quantitative estimate of drug-likeness (QED) is 0.331. The fourth-order valence-electron chi connectivity index (χ4n) is 0.314. The van der Waals surface area contributed by atoms with E-state index in [9.17, 15) is 4.79 Å². The molecule has 0 bridgehead atoms. The number of aliphatic hydroxyl groups excluding tert-OH is 1. The van der Waals surface area contributed by atoms with Crippen LogP contribution in [0.1, 0.15) is 20.8 Å². The van der Waals surface area contributed by atoms with Crippen LogP contribution in [0.25, 0.3) is 0 Å². The number of hydrogen-bond donors (Lipinski definition) is 1. The zero-order valence-corrected chi connectivity index (χ0v) is 6.01. The first kappa shape index (κ1) is 8.21. The van der Waals surface area contributed by atoms with Gasteiger partial charge in [0.25, 0.3) is 0 Å². The van der Waals surface area contributed by atoms with Crippen LogP contribution in [0.2, 0.25) is 0 Å². The van der Waals surface area contributed by atoms with Crippen molar-refractivity contribution in [1.29, 1.82) is 0 Å². The average molecular weight is 128 g/mol. The summed E-state index contributed by atoms with van der Waals surface area (Å²) in [5.74, 6) is 0.123. The van der Waals surface area contributed by atoms with E-state index in [2.05, 4.69) is 0 Å². The molecule has 0 radical (unpaired) electrons. The first-order valence-electron chi connectivity index (χ1n) is 2.83. The maximum atomic E-state index is 9.83. The molecule has 0 spiro atoms. The Kier molecular flexibility index (Phi) is 2.43. The topological polar surface area (TPSA) is 37.3 Å². The zero-order valence-electron chi connectivity index (χ0n) is 6.01. The van der Waals surface area contributed by atoms with Gasteiger partial charge < -0.3 is 5.11 Å². The Balaban J connectivity index is 4.19. The van der Waals surface area contributed by atoms with Gasteiger partial charge in [0.2, 0.25) is 0 Å². The van der Waals surface area contributed by atoms with Crippen molar-refractivity contribution in [3.05, 3.63) is 11.8 Å². The van der Waals surface area contributed by atoms with Gasteiger partial charge in [-0.2, -0.15) is 0 Å². The van der Waals surface area contributed by atoms with E-state index in [0.717, 1.165) is 0 Å². The lowest BCUT2D eigenvalue weighted by Gasteiger charge is -2.15. The average Bonchev–Trinajstić information content (AvgIpc) is 1.64. The number of rotatable bonds is 1. The lowest BCUT2D eigenvalue weighted by atomic mass is 9.94. The zero-order chi connectivity index (χ0) is 7.49. The largest absolute Gasteiger partial charge is 0.512 e. The highest BCUT2D eigenvalue weighted by Gasteiger charge is 2.14. The van der Waals surface area contributed by atoms with E-state index in [4.69, 9.17) is 5.11 Å². The number of allylic oxidation sites excluding steroid dienone is 2. The summed E-state index contributed by atoms with van der Waals surface area (Å²) in [6, 6.07) is 0. The number of carbonyl (C=O) groups is 1. The molecule has 2 heteroatoms. The first-order valence-corrected chi connectivity index (χ1v) is 2.83. The molecule has 0 fully saturated rings. The molecule has 0 aromatic heterocycles. The Bertz CT molecular complexity index is 128. The summed E-state index contributed by atoms with van der Waals surface area (Å²) in [6.45, 7) is 5.51. The third kappa shape index (κ3) is 2.90. The van der Waals surface area contributed by atoms with Crippen LogP contribution in [0.3, 0.4) is 0 Å². The molecule has 0 heterocycles. The van der Waals surface area contributed by atoms with Gasteiger partial charge in [-0.05, 0) is 0 Å². The van der Waals surface area contributed by atoms with E-state index in [1.54, 1.807) is 0 Å². The molecule has 1 N–H and O–H groups in total. The van der Waals surface area contributed by atoms with Crippen LogP contribution in [-0.2, 0) is 4.79 Å². The van der Waals surface area contributed by atoms with Crippen molar-refractivity contribution >= 4 is 6.29 Å². The summed E-state index contributed by atoms with van der Waals surface area (Å²) in [7, 11) is 0. The molecule has 0 rings (SSSR count). The lowest BCUT2D eigenvalue weighted by molar-refractivity contribution is -0.104. The Morgan fingerprint density at radius 3 is 2.00 bits per heavy atom. The second-order valence-corrected chi connectivity index (χ2v) is 2.94. The van der Waals surface area contributed by atoms with Crippen molar-refractivity contribution < 1.29 is 9.90 Å². The monoisotopic (exact) mass is 128 g/mol. The van der Waals surface area contributed by atoms with E-state index in [1.165, 1.54) is 6.08 Å². The maximum Gasteiger partial charge on any atom is 0.146 e. The number of hydrogen-bond acceptors (Lipinski definition) is 2. The van der Waals surface area contributed by atoms with E-state index >= 15 is 0 Å². The van der Waals surface area contributed by atoms with E-state index < -0.39 is 0 Å². The van der Waals surface area contributed by atoms with Gasteiger partial charge in [-0.3, -0.25) is 4.79 Å². The second-order valence-electron chi connectivity index (χ2n) is 2.94. The lowest BCUT2D eigenvalue weighted by Crippen LogP contribution is -2.08. The third-order valence-electron chi connectivity index (χ3n) is 0.994. The molecule has 52 valence electrons. The van der Waals surface area contributed by atoms with Gasteiger partial charge >= 0.3 is 0 Å². The van der Waals surface area contributed by atoms with Crippen molar-refractivity contribution in [2.45, 2.75) is 20.8 Å². The number of aldehydes is 1. The Morgan fingerprint density at radius 1 is 1.44 bits per heavy atom. The van der Waals surface area contributed by atoms with Crippen molar-refractivity contribution in [1.82, 2.24) is 0 Å². The van der Waals surface area contributed by atoms with E-state index in [0.29, 0.717) is 6.29 Å². The van der Waals surface area contributed by atoms with Gasteiger partial charge in [0.1, 0.15) is 12.0 Å². The molecular weight excluding hydrogens is 116 g/mol. The molecule has 0 saturated heterocycles. The van der Waals surface area contributed by atoms with E-state index in [-0.39, 0.29) is 11.2 Å². The fourth-order valence-corrected chi connectivity index (χ4v) is 0.314. The number of aliphatic hydroxyl groups is 1. The van der Waals surface area contributed by atoms with Crippen LogP contribution in [0, 0.1) is 5.41 Å². The minimum atomic E-state index is -0.305. The van der Waals surface area contributed by atoms with Crippen LogP contribution in [0.15, 0.2) is 11.8 Å².